The van der Waals surface area contributed by atoms with Crippen LogP contribution in [0, 0.1) is 24.4 Å². The van der Waals surface area contributed by atoms with Crippen LogP contribution in [-0.4, -0.2) is 15.0 Å². The predicted molar refractivity (Wildman–Crippen MR) is 96.0 cm³/mol. The van der Waals surface area contributed by atoms with E-state index in [-0.39, 0.29) is 11.4 Å². The first-order chi connectivity index (χ1) is 13.3. The third-order valence-electron chi connectivity index (χ3n) is 4.01. The van der Waals surface area contributed by atoms with E-state index in [1.165, 1.54) is 24.5 Å². The maximum atomic E-state index is 13.6. The molecule has 3 rings (SSSR count). The Morgan fingerprint density at radius 3 is 2.36 bits per heavy atom. The highest BCUT2D eigenvalue weighted by Crippen LogP contribution is 2.15. The molecular formula is C19H14F3N3O3. The van der Waals surface area contributed by atoms with Gasteiger partial charge in [0.05, 0.1) is 11.4 Å². The second-order valence-electron chi connectivity index (χ2n) is 6.01. The summed E-state index contributed by atoms with van der Waals surface area (Å²) in [6, 6.07) is 6.41. The van der Waals surface area contributed by atoms with Crippen LogP contribution in [0.15, 0.2) is 58.4 Å². The number of nitrogens with one attached hydrogen (secondary N) is 1. The molecule has 144 valence electrons. The van der Waals surface area contributed by atoms with E-state index in [0.717, 1.165) is 27.3 Å². The van der Waals surface area contributed by atoms with E-state index < -0.39 is 41.0 Å². The molecule has 3 aromatic rings. The van der Waals surface area contributed by atoms with Gasteiger partial charge < -0.3 is 5.32 Å². The normalized spacial score (nSPS) is 10.7. The number of nitrogens with zero attached hydrogens (tertiary/aromatic N) is 2. The maximum Gasteiger partial charge on any atom is 0.320 e. The summed E-state index contributed by atoms with van der Waals surface area (Å²) in [6.07, 6.45) is 2.42. The van der Waals surface area contributed by atoms with Crippen LogP contribution in [-0.2, 0) is 11.3 Å². The fourth-order valence-electron chi connectivity index (χ4n) is 2.60. The van der Waals surface area contributed by atoms with Gasteiger partial charge in [-0.25, -0.2) is 13.2 Å². The van der Waals surface area contributed by atoms with E-state index in [2.05, 4.69) is 5.32 Å². The molecule has 0 atom stereocenters. The Balaban J connectivity index is 1.87. The predicted octanol–water partition coefficient (Wildman–Crippen LogP) is 2.36. The lowest BCUT2D eigenvalue weighted by Gasteiger charge is -2.11. The molecule has 0 saturated heterocycles. The minimum Gasteiger partial charge on any atom is -0.322 e. The van der Waals surface area contributed by atoms with Gasteiger partial charge in [0, 0.05) is 18.5 Å². The minimum absolute atomic E-state index is 0.201. The van der Waals surface area contributed by atoms with Crippen LogP contribution in [0.2, 0.25) is 0 Å². The van der Waals surface area contributed by atoms with Crippen molar-refractivity contribution in [3.05, 3.63) is 92.5 Å². The lowest BCUT2D eigenvalue weighted by molar-refractivity contribution is -0.116. The summed E-state index contributed by atoms with van der Waals surface area (Å²) in [4.78, 5) is 36.7. The molecule has 0 bridgehead atoms. The monoisotopic (exact) mass is 389 g/mol. The summed E-state index contributed by atoms with van der Waals surface area (Å²) in [5.74, 6) is -3.13. The Hall–Kier alpha value is -3.62. The average Bonchev–Trinajstić information content (AvgIpc) is 2.64. The van der Waals surface area contributed by atoms with Crippen LogP contribution in [0.5, 0.6) is 0 Å². The maximum absolute atomic E-state index is 13.6. The first-order valence-corrected chi connectivity index (χ1v) is 8.10. The average molecular weight is 389 g/mol. The molecule has 0 unspecified atom stereocenters. The smallest absolute Gasteiger partial charge is 0.320 e. The van der Waals surface area contributed by atoms with Crippen LogP contribution in [0.25, 0.3) is 5.69 Å². The van der Waals surface area contributed by atoms with Gasteiger partial charge >= 0.3 is 11.1 Å². The number of aromatic nitrogens is 2. The number of hydrogen-bond acceptors (Lipinski definition) is 3. The van der Waals surface area contributed by atoms with Crippen molar-refractivity contribution in [1.82, 2.24) is 9.13 Å². The van der Waals surface area contributed by atoms with E-state index in [4.69, 9.17) is 0 Å². The van der Waals surface area contributed by atoms with Crippen LogP contribution in [0.3, 0.4) is 0 Å². The fourth-order valence-corrected chi connectivity index (χ4v) is 2.60. The SMILES string of the molecule is Cc1ccc(F)cc1-n1ccn(CC(=O)Nc2ccc(F)cc2F)c(=O)c1=O. The zero-order chi connectivity index (χ0) is 20.4. The number of aryl methyl sites for hydroxylation is 1. The number of hydrogen-bond donors (Lipinski definition) is 1. The van der Waals surface area contributed by atoms with Crippen LogP contribution >= 0.6 is 0 Å². The molecule has 1 aromatic heterocycles. The Kier molecular flexibility index (Phi) is 5.16. The van der Waals surface area contributed by atoms with E-state index in [1.54, 1.807) is 6.92 Å². The van der Waals surface area contributed by atoms with Crippen molar-refractivity contribution in [2.75, 3.05) is 5.32 Å². The van der Waals surface area contributed by atoms with Gasteiger partial charge in [0.1, 0.15) is 24.0 Å². The summed E-state index contributed by atoms with van der Waals surface area (Å²) in [5, 5.41) is 2.20. The Morgan fingerprint density at radius 2 is 1.64 bits per heavy atom. The highest BCUT2D eigenvalue weighted by Gasteiger charge is 2.13. The van der Waals surface area contributed by atoms with E-state index in [9.17, 15) is 27.6 Å². The quantitative estimate of drug-likeness (QED) is 0.697. The van der Waals surface area contributed by atoms with Gasteiger partial charge in [0.2, 0.25) is 5.91 Å². The van der Waals surface area contributed by atoms with Gasteiger partial charge in [0.15, 0.2) is 0 Å². The van der Waals surface area contributed by atoms with Gasteiger partial charge in [-0.1, -0.05) is 6.07 Å². The molecule has 0 spiro atoms. The Morgan fingerprint density at radius 1 is 0.964 bits per heavy atom. The molecule has 9 heteroatoms. The van der Waals surface area contributed by atoms with Crippen LogP contribution in [0.1, 0.15) is 5.56 Å². The number of anilines is 1. The molecule has 1 amide bonds. The van der Waals surface area contributed by atoms with Crippen LogP contribution in [0.4, 0.5) is 18.9 Å². The fraction of sp³-hybridized carbons (Fsp3) is 0.105. The van der Waals surface area contributed by atoms with Crippen molar-refractivity contribution < 1.29 is 18.0 Å². The van der Waals surface area contributed by atoms with Crippen LogP contribution < -0.4 is 16.4 Å². The standard InChI is InChI=1S/C19H14F3N3O3/c1-11-2-3-13(21)9-16(11)25-7-6-24(18(27)19(25)28)10-17(26)23-15-5-4-12(20)8-14(15)22/h2-9H,10H2,1H3,(H,23,26). The molecular weight excluding hydrogens is 375 g/mol. The van der Waals surface area contributed by atoms with Crippen molar-refractivity contribution >= 4 is 11.6 Å². The first kappa shape index (κ1) is 19.2. The van der Waals surface area contributed by atoms with Gasteiger partial charge in [-0.2, -0.15) is 0 Å². The number of amides is 1. The molecule has 0 aliphatic rings. The largest absolute Gasteiger partial charge is 0.322 e. The van der Waals surface area contributed by atoms with Gasteiger partial charge in [-0.15, -0.1) is 0 Å². The van der Waals surface area contributed by atoms with E-state index in [0.29, 0.717) is 11.6 Å². The van der Waals surface area contributed by atoms with E-state index in [1.807, 2.05) is 0 Å². The molecule has 0 fully saturated rings. The van der Waals surface area contributed by atoms with Gasteiger partial charge in [-0.05, 0) is 36.8 Å². The van der Waals surface area contributed by atoms with Crippen molar-refractivity contribution in [3.8, 4) is 5.69 Å². The zero-order valence-corrected chi connectivity index (χ0v) is 14.6. The Bertz CT molecular complexity index is 1190. The molecule has 0 radical (unpaired) electrons. The first-order valence-electron chi connectivity index (χ1n) is 8.10. The summed E-state index contributed by atoms with van der Waals surface area (Å²) in [5.41, 5.74) is -1.47. The molecule has 1 heterocycles. The molecule has 1 N–H and O–H groups in total. The number of benzene rings is 2. The second kappa shape index (κ2) is 7.55. The van der Waals surface area contributed by atoms with Crippen molar-refractivity contribution in [3.63, 3.8) is 0 Å². The third-order valence-corrected chi connectivity index (χ3v) is 4.01. The highest BCUT2D eigenvalue weighted by atomic mass is 19.1. The highest BCUT2D eigenvalue weighted by molar-refractivity contribution is 5.90. The van der Waals surface area contributed by atoms with Crippen molar-refractivity contribution in [1.29, 1.82) is 0 Å². The minimum atomic E-state index is -1.01. The van der Waals surface area contributed by atoms with Crippen molar-refractivity contribution in [2.45, 2.75) is 13.5 Å². The van der Waals surface area contributed by atoms with Crippen molar-refractivity contribution in [2.24, 2.45) is 0 Å². The van der Waals surface area contributed by atoms with Gasteiger partial charge in [-0.3, -0.25) is 23.5 Å². The summed E-state index contributed by atoms with van der Waals surface area (Å²) in [6.45, 7) is 1.09. The molecule has 0 aliphatic heterocycles. The molecule has 0 saturated carbocycles. The topological polar surface area (TPSA) is 73.1 Å². The molecule has 6 nitrogen and oxygen atoms in total. The number of rotatable bonds is 4. The molecule has 28 heavy (non-hydrogen) atoms. The molecule has 0 aliphatic carbocycles. The zero-order valence-electron chi connectivity index (χ0n) is 14.6. The summed E-state index contributed by atoms with van der Waals surface area (Å²) < 4.78 is 41.8. The van der Waals surface area contributed by atoms with Gasteiger partial charge in [0.25, 0.3) is 0 Å². The summed E-state index contributed by atoms with van der Waals surface area (Å²) >= 11 is 0. The Labute approximate surface area is 156 Å². The lowest BCUT2D eigenvalue weighted by Crippen LogP contribution is -2.41. The lowest BCUT2D eigenvalue weighted by atomic mass is 10.2. The summed E-state index contributed by atoms with van der Waals surface area (Å²) in [7, 11) is 0. The second-order valence-corrected chi connectivity index (χ2v) is 6.01. The molecule has 2 aromatic carbocycles. The number of carbonyl (C=O) groups is 1. The number of carbonyl (C=O) groups excluding carboxylic acids is 1. The number of halogens is 3. The third kappa shape index (κ3) is 3.88. The van der Waals surface area contributed by atoms with E-state index >= 15 is 0 Å².